The van der Waals surface area contributed by atoms with Gasteiger partial charge in [-0.05, 0) is 23.1 Å². The average molecular weight is 362 g/mol. The second-order valence-corrected chi connectivity index (χ2v) is 7.91. The van der Waals surface area contributed by atoms with Crippen molar-refractivity contribution in [1.29, 1.82) is 0 Å². The van der Waals surface area contributed by atoms with Gasteiger partial charge in [0, 0.05) is 25.9 Å². The van der Waals surface area contributed by atoms with Crippen molar-refractivity contribution in [2.45, 2.75) is 50.5 Å². The Balaban J connectivity index is 1.42. The number of carbonyl (C=O) groups is 1. The van der Waals surface area contributed by atoms with Crippen LogP contribution in [0.15, 0.2) is 54.6 Å². The molecule has 0 N–H and O–H groups in total. The van der Waals surface area contributed by atoms with Gasteiger partial charge in [-0.15, -0.1) is 0 Å². The van der Waals surface area contributed by atoms with Gasteiger partial charge in [0.05, 0.1) is 18.7 Å². The smallest absolute Gasteiger partial charge is 0.227 e. The van der Waals surface area contributed by atoms with Crippen molar-refractivity contribution in [3.8, 4) is 0 Å². The molecular weight excluding hydrogens is 336 g/mol. The molecule has 27 heavy (non-hydrogen) atoms. The van der Waals surface area contributed by atoms with Crippen LogP contribution in [0.1, 0.15) is 42.5 Å². The summed E-state index contributed by atoms with van der Waals surface area (Å²) in [5.74, 6) is 0.236. The lowest BCUT2D eigenvalue weighted by Crippen LogP contribution is -2.48. The fraction of sp³-hybridized carbons (Fsp3) is 0.435. The molecule has 1 amide bonds. The summed E-state index contributed by atoms with van der Waals surface area (Å²) in [4.78, 5) is 17.5. The third-order valence-electron chi connectivity index (χ3n) is 6.62. The van der Waals surface area contributed by atoms with E-state index in [1.54, 1.807) is 0 Å². The molecule has 3 aliphatic rings. The highest BCUT2D eigenvalue weighted by Gasteiger charge is 2.64. The van der Waals surface area contributed by atoms with Gasteiger partial charge in [0.15, 0.2) is 5.72 Å². The number of carbonyl (C=O) groups excluding carboxylic acids is 1. The Bertz CT molecular complexity index is 852. The van der Waals surface area contributed by atoms with E-state index in [4.69, 9.17) is 4.74 Å². The minimum Gasteiger partial charge on any atom is -0.351 e. The molecule has 2 aromatic rings. The fourth-order valence-electron chi connectivity index (χ4n) is 5.31. The largest absolute Gasteiger partial charge is 0.351 e. The number of likely N-dealkylation sites (tertiary alicyclic amines) is 1. The zero-order valence-electron chi connectivity index (χ0n) is 15.8. The number of ether oxygens (including phenoxy) is 1. The van der Waals surface area contributed by atoms with E-state index < -0.39 is 5.72 Å². The van der Waals surface area contributed by atoms with Gasteiger partial charge in [0.1, 0.15) is 0 Å². The van der Waals surface area contributed by atoms with Crippen LogP contribution in [0.25, 0.3) is 0 Å². The van der Waals surface area contributed by atoms with Crippen LogP contribution in [0, 0.1) is 0 Å². The Morgan fingerprint density at radius 2 is 1.81 bits per heavy atom. The van der Waals surface area contributed by atoms with Crippen molar-refractivity contribution >= 4 is 5.91 Å². The van der Waals surface area contributed by atoms with E-state index in [0.717, 1.165) is 25.9 Å². The van der Waals surface area contributed by atoms with Crippen LogP contribution in [0.3, 0.4) is 0 Å². The molecule has 4 heteroatoms. The molecule has 2 aromatic carbocycles. The predicted molar refractivity (Wildman–Crippen MR) is 104 cm³/mol. The van der Waals surface area contributed by atoms with Crippen LogP contribution in [0.4, 0.5) is 0 Å². The molecule has 3 aliphatic heterocycles. The van der Waals surface area contributed by atoms with Gasteiger partial charge in [-0.25, -0.2) is 0 Å². The van der Waals surface area contributed by atoms with Crippen LogP contribution in [-0.4, -0.2) is 40.6 Å². The van der Waals surface area contributed by atoms with Gasteiger partial charge in [-0.1, -0.05) is 61.5 Å². The van der Waals surface area contributed by atoms with E-state index in [-0.39, 0.29) is 18.0 Å². The second kappa shape index (κ2) is 6.47. The molecule has 0 aliphatic carbocycles. The Kier molecular flexibility index (Phi) is 4.06. The number of rotatable bonds is 4. The predicted octanol–water partition coefficient (Wildman–Crippen LogP) is 3.52. The zero-order chi connectivity index (χ0) is 18.4. The third-order valence-corrected chi connectivity index (χ3v) is 6.62. The quantitative estimate of drug-likeness (QED) is 0.834. The van der Waals surface area contributed by atoms with Crippen LogP contribution in [-0.2, 0) is 22.5 Å². The molecule has 0 unspecified atom stereocenters. The number of aryl methyl sites for hydroxylation is 1. The Morgan fingerprint density at radius 1 is 1.07 bits per heavy atom. The van der Waals surface area contributed by atoms with E-state index in [9.17, 15) is 4.79 Å². The molecule has 3 heterocycles. The SMILES string of the molecule is CCc1ccccc1CN1CC[C@@]23OC[C@@H](c4ccccc4)N2C(=O)C[C@@H]13. The summed E-state index contributed by atoms with van der Waals surface area (Å²) in [5, 5.41) is 0. The molecule has 1 spiro atoms. The first-order valence-electron chi connectivity index (χ1n) is 10.0. The van der Waals surface area contributed by atoms with Crippen molar-refractivity contribution in [2.24, 2.45) is 0 Å². The molecule has 0 radical (unpaired) electrons. The lowest BCUT2D eigenvalue weighted by atomic mass is 10.0. The highest BCUT2D eigenvalue weighted by Crippen LogP contribution is 2.51. The van der Waals surface area contributed by atoms with Gasteiger partial charge in [0.25, 0.3) is 0 Å². The second-order valence-electron chi connectivity index (χ2n) is 7.91. The number of hydrogen-bond donors (Lipinski definition) is 0. The molecular formula is C23H26N2O2. The topological polar surface area (TPSA) is 32.8 Å². The Hall–Kier alpha value is -2.17. The van der Waals surface area contributed by atoms with Crippen molar-refractivity contribution in [3.63, 3.8) is 0 Å². The average Bonchev–Trinajstić information content (AvgIpc) is 3.33. The molecule has 5 rings (SSSR count). The maximum absolute atomic E-state index is 13.0. The highest BCUT2D eigenvalue weighted by atomic mass is 16.5. The Labute approximate surface area is 160 Å². The molecule has 4 nitrogen and oxygen atoms in total. The summed E-state index contributed by atoms with van der Waals surface area (Å²) < 4.78 is 6.41. The van der Waals surface area contributed by atoms with Gasteiger partial charge in [-0.2, -0.15) is 0 Å². The summed E-state index contributed by atoms with van der Waals surface area (Å²) in [6, 6.07) is 19.2. The lowest BCUT2D eigenvalue weighted by molar-refractivity contribution is -0.138. The lowest BCUT2D eigenvalue weighted by Gasteiger charge is -2.33. The van der Waals surface area contributed by atoms with E-state index in [1.165, 1.54) is 16.7 Å². The molecule has 3 saturated heterocycles. The van der Waals surface area contributed by atoms with Crippen LogP contribution < -0.4 is 0 Å². The number of amides is 1. The summed E-state index contributed by atoms with van der Waals surface area (Å²) >= 11 is 0. The van der Waals surface area contributed by atoms with Gasteiger partial charge in [0.2, 0.25) is 5.91 Å². The molecule has 3 fully saturated rings. The van der Waals surface area contributed by atoms with Gasteiger partial charge >= 0.3 is 0 Å². The number of benzene rings is 2. The summed E-state index contributed by atoms with van der Waals surface area (Å²) in [6.45, 7) is 4.69. The van der Waals surface area contributed by atoms with Gasteiger partial charge in [-0.3, -0.25) is 9.69 Å². The summed E-state index contributed by atoms with van der Waals surface area (Å²) in [5.41, 5.74) is 3.52. The molecule has 0 bridgehead atoms. The minimum atomic E-state index is -0.432. The van der Waals surface area contributed by atoms with Crippen molar-refractivity contribution in [2.75, 3.05) is 13.2 Å². The maximum atomic E-state index is 13.0. The number of hydrogen-bond acceptors (Lipinski definition) is 3. The third kappa shape index (κ3) is 2.54. The monoisotopic (exact) mass is 362 g/mol. The maximum Gasteiger partial charge on any atom is 0.227 e. The standard InChI is InChI=1S/C23H26N2O2/c1-2-17-8-6-7-11-19(17)15-24-13-12-23-21(24)14-22(26)25(23)20(16-27-23)18-9-4-3-5-10-18/h3-11,20-21H,2,12-16H2,1H3/t20-,21+,23-/m0/s1. The number of nitrogens with zero attached hydrogens (tertiary/aromatic N) is 2. The minimum absolute atomic E-state index is 0.0478. The van der Waals surface area contributed by atoms with Crippen LogP contribution in [0.5, 0.6) is 0 Å². The van der Waals surface area contributed by atoms with Crippen molar-refractivity contribution in [1.82, 2.24) is 9.80 Å². The van der Waals surface area contributed by atoms with Crippen LogP contribution >= 0.6 is 0 Å². The molecule has 3 atom stereocenters. The summed E-state index contributed by atoms with van der Waals surface area (Å²) in [7, 11) is 0. The Morgan fingerprint density at radius 3 is 2.59 bits per heavy atom. The zero-order valence-corrected chi connectivity index (χ0v) is 15.8. The summed E-state index contributed by atoms with van der Waals surface area (Å²) in [6.07, 6.45) is 2.51. The van der Waals surface area contributed by atoms with E-state index in [2.05, 4.69) is 53.1 Å². The van der Waals surface area contributed by atoms with Gasteiger partial charge < -0.3 is 9.64 Å². The first-order valence-corrected chi connectivity index (χ1v) is 10.0. The van der Waals surface area contributed by atoms with Crippen molar-refractivity contribution < 1.29 is 9.53 Å². The van der Waals surface area contributed by atoms with E-state index in [0.29, 0.717) is 13.0 Å². The van der Waals surface area contributed by atoms with Crippen molar-refractivity contribution in [3.05, 3.63) is 71.3 Å². The molecule has 0 saturated carbocycles. The fourth-order valence-corrected chi connectivity index (χ4v) is 5.31. The van der Waals surface area contributed by atoms with Crippen LogP contribution in [0.2, 0.25) is 0 Å². The highest BCUT2D eigenvalue weighted by molar-refractivity contribution is 5.82. The first kappa shape index (κ1) is 17.0. The normalized spacial score (nSPS) is 30.0. The first-order chi connectivity index (χ1) is 13.2. The molecule has 0 aromatic heterocycles. The molecule has 140 valence electrons. The van der Waals surface area contributed by atoms with E-state index in [1.807, 2.05) is 18.2 Å². The van der Waals surface area contributed by atoms with E-state index >= 15 is 0 Å².